The molecule has 6 heteroatoms. The van der Waals surface area contributed by atoms with Gasteiger partial charge in [0, 0.05) is 13.6 Å². The van der Waals surface area contributed by atoms with Crippen LogP contribution in [-0.4, -0.2) is 47.7 Å². The quantitative estimate of drug-likeness (QED) is 0.759. The highest BCUT2D eigenvalue weighted by atomic mass is 16.5. The Hall–Kier alpha value is -1.98. The molecule has 19 heavy (non-hydrogen) atoms. The average molecular weight is 265 g/mol. The summed E-state index contributed by atoms with van der Waals surface area (Å²) in [4.78, 5) is 25.1. The van der Waals surface area contributed by atoms with Gasteiger partial charge in [-0.1, -0.05) is 6.92 Å². The van der Waals surface area contributed by atoms with Gasteiger partial charge in [0.25, 0.3) is 5.91 Å². The van der Waals surface area contributed by atoms with Crippen molar-refractivity contribution < 1.29 is 14.3 Å². The van der Waals surface area contributed by atoms with Crippen LogP contribution >= 0.6 is 0 Å². The molecule has 0 aliphatic heterocycles. The molecule has 0 bridgehead atoms. The zero-order valence-electron chi connectivity index (χ0n) is 11.9. The lowest BCUT2D eigenvalue weighted by Gasteiger charge is -2.20. The average Bonchev–Trinajstić information content (AvgIpc) is 2.39. The van der Waals surface area contributed by atoms with Gasteiger partial charge in [-0.15, -0.1) is 0 Å². The lowest BCUT2D eigenvalue weighted by Crippen LogP contribution is -2.34. The predicted molar refractivity (Wildman–Crippen MR) is 69.6 cm³/mol. The summed E-state index contributed by atoms with van der Waals surface area (Å²) in [6.07, 6.45) is 0. The predicted octanol–water partition coefficient (Wildman–Crippen LogP) is 0.975. The van der Waals surface area contributed by atoms with Gasteiger partial charge in [0.2, 0.25) is 0 Å². The number of methoxy groups -OCH3 is 1. The Labute approximate surface area is 112 Å². The van der Waals surface area contributed by atoms with Crippen LogP contribution in [0.2, 0.25) is 0 Å². The molecule has 0 fully saturated rings. The van der Waals surface area contributed by atoms with Gasteiger partial charge in [0.15, 0.2) is 0 Å². The number of amides is 1. The molecule has 1 amide bonds. The van der Waals surface area contributed by atoms with E-state index in [1.54, 1.807) is 33.9 Å². The van der Waals surface area contributed by atoms with Gasteiger partial charge in [0.1, 0.15) is 0 Å². The molecule has 1 aromatic heterocycles. The number of rotatable bonds is 4. The molecule has 0 aliphatic carbocycles. The van der Waals surface area contributed by atoms with Crippen molar-refractivity contribution in [3.8, 4) is 0 Å². The highest BCUT2D eigenvalue weighted by Gasteiger charge is 2.21. The van der Waals surface area contributed by atoms with Crippen molar-refractivity contribution in [2.24, 2.45) is 5.92 Å². The van der Waals surface area contributed by atoms with E-state index in [9.17, 15) is 9.59 Å². The molecule has 0 aromatic carbocycles. The van der Waals surface area contributed by atoms with Crippen molar-refractivity contribution in [2.75, 3.05) is 20.7 Å². The summed E-state index contributed by atoms with van der Waals surface area (Å²) < 4.78 is 4.64. The normalized spacial score (nSPS) is 11.8. The van der Waals surface area contributed by atoms with Crippen molar-refractivity contribution in [1.29, 1.82) is 0 Å². The molecule has 0 N–H and O–H groups in total. The topological polar surface area (TPSA) is 72.4 Å². The lowest BCUT2D eigenvalue weighted by atomic mass is 10.1. The van der Waals surface area contributed by atoms with Crippen molar-refractivity contribution in [3.05, 3.63) is 23.0 Å². The summed E-state index contributed by atoms with van der Waals surface area (Å²) >= 11 is 0. The Kier molecular flexibility index (Phi) is 4.97. The minimum absolute atomic E-state index is 0.175. The molecule has 1 rings (SSSR count). The first-order valence-corrected chi connectivity index (χ1v) is 6.01. The lowest BCUT2D eigenvalue weighted by molar-refractivity contribution is -0.145. The highest BCUT2D eigenvalue weighted by Crippen LogP contribution is 2.10. The standard InChI is InChI=1S/C13H19N3O3/c1-8(13(18)19-5)7-16(4)12(17)11-6-9(2)14-15-10(11)3/h6,8H,7H2,1-5H3. The van der Waals surface area contributed by atoms with E-state index in [-0.39, 0.29) is 17.8 Å². The van der Waals surface area contributed by atoms with Crippen LogP contribution in [0.5, 0.6) is 0 Å². The SMILES string of the molecule is COC(=O)C(C)CN(C)C(=O)c1cc(C)nnc1C. The third-order valence-corrected chi connectivity index (χ3v) is 2.83. The van der Waals surface area contributed by atoms with E-state index < -0.39 is 0 Å². The van der Waals surface area contributed by atoms with Crippen LogP contribution in [-0.2, 0) is 9.53 Å². The fraction of sp³-hybridized carbons (Fsp3) is 0.538. The van der Waals surface area contributed by atoms with Crippen molar-refractivity contribution in [1.82, 2.24) is 15.1 Å². The van der Waals surface area contributed by atoms with Gasteiger partial charge in [-0.05, 0) is 19.9 Å². The first-order valence-electron chi connectivity index (χ1n) is 6.01. The second kappa shape index (κ2) is 6.26. The molecule has 0 radical (unpaired) electrons. The second-order valence-electron chi connectivity index (χ2n) is 4.59. The molecule has 1 atom stereocenters. The second-order valence-corrected chi connectivity index (χ2v) is 4.59. The van der Waals surface area contributed by atoms with E-state index in [4.69, 9.17) is 0 Å². The Bertz CT molecular complexity index is 488. The summed E-state index contributed by atoms with van der Waals surface area (Å²) in [5.74, 6) is -0.873. The maximum absolute atomic E-state index is 12.3. The molecule has 0 saturated heterocycles. The fourth-order valence-electron chi connectivity index (χ4n) is 1.74. The third-order valence-electron chi connectivity index (χ3n) is 2.83. The molecule has 1 aromatic rings. The number of carbonyl (C=O) groups excluding carboxylic acids is 2. The Morgan fingerprint density at radius 2 is 2.00 bits per heavy atom. The number of hydrogen-bond acceptors (Lipinski definition) is 5. The van der Waals surface area contributed by atoms with E-state index in [0.29, 0.717) is 23.5 Å². The van der Waals surface area contributed by atoms with Crippen LogP contribution < -0.4 is 0 Å². The van der Waals surface area contributed by atoms with Gasteiger partial charge in [-0.3, -0.25) is 9.59 Å². The Morgan fingerprint density at radius 1 is 1.37 bits per heavy atom. The van der Waals surface area contributed by atoms with Crippen LogP contribution in [0, 0.1) is 19.8 Å². The van der Waals surface area contributed by atoms with Crippen molar-refractivity contribution in [3.63, 3.8) is 0 Å². The minimum atomic E-state index is -0.366. The molecular weight excluding hydrogens is 246 g/mol. The van der Waals surface area contributed by atoms with Crippen LogP contribution in [0.15, 0.2) is 6.07 Å². The van der Waals surface area contributed by atoms with E-state index in [1.165, 1.54) is 12.0 Å². The summed E-state index contributed by atoms with van der Waals surface area (Å²) in [6, 6.07) is 1.70. The van der Waals surface area contributed by atoms with Gasteiger partial charge in [-0.2, -0.15) is 10.2 Å². The molecular formula is C13H19N3O3. The monoisotopic (exact) mass is 265 g/mol. The van der Waals surface area contributed by atoms with Crippen LogP contribution in [0.1, 0.15) is 28.7 Å². The number of nitrogens with zero attached hydrogens (tertiary/aromatic N) is 3. The highest BCUT2D eigenvalue weighted by molar-refractivity contribution is 5.95. The first kappa shape index (κ1) is 15.1. The van der Waals surface area contributed by atoms with Crippen molar-refractivity contribution >= 4 is 11.9 Å². The van der Waals surface area contributed by atoms with E-state index >= 15 is 0 Å². The summed E-state index contributed by atoms with van der Waals surface area (Å²) in [7, 11) is 2.98. The maximum atomic E-state index is 12.3. The third kappa shape index (κ3) is 3.74. The number of aryl methyl sites for hydroxylation is 2. The molecule has 0 saturated carbocycles. The number of aromatic nitrogens is 2. The molecule has 0 aliphatic rings. The first-order chi connectivity index (χ1) is 8.86. The number of ether oxygens (including phenoxy) is 1. The Balaban J connectivity index is 2.82. The maximum Gasteiger partial charge on any atom is 0.310 e. The molecule has 1 heterocycles. The largest absolute Gasteiger partial charge is 0.469 e. The number of hydrogen-bond donors (Lipinski definition) is 0. The summed E-state index contributed by atoms with van der Waals surface area (Å²) in [5, 5.41) is 7.81. The summed E-state index contributed by atoms with van der Waals surface area (Å²) in [6.45, 7) is 5.53. The number of esters is 1. The molecule has 0 spiro atoms. The fourth-order valence-corrected chi connectivity index (χ4v) is 1.74. The van der Waals surface area contributed by atoms with Crippen LogP contribution in [0.4, 0.5) is 0 Å². The van der Waals surface area contributed by atoms with Gasteiger partial charge in [0.05, 0.1) is 30.0 Å². The minimum Gasteiger partial charge on any atom is -0.469 e. The van der Waals surface area contributed by atoms with Gasteiger partial charge in [-0.25, -0.2) is 0 Å². The van der Waals surface area contributed by atoms with E-state index in [0.717, 1.165) is 0 Å². The zero-order valence-corrected chi connectivity index (χ0v) is 11.9. The van der Waals surface area contributed by atoms with E-state index in [1.807, 2.05) is 0 Å². The Morgan fingerprint density at radius 3 is 2.58 bits per heavy atom. The van der Waals surface area contributed by atoms with Crippen LogP contribution in [0.3, 0.4) is 0 Å². The van der Waals surface area contributed by atoms with Gasteiger partial charge >= 0.3 is 5.97 Å². The molecule has 6 nitrogen and oxygen atoms in total. The molecule has 1 unspecified atom stereocenters. The molecule has 104 valence electrons. The van der Waals surface area contributed by atoms with E-state index in [2.05, 4.69) is 14.9 Å². The van der Waals surface area contributed by atoms with Gasteiger partial charge < -0.3 is 9.64 Å². The summed E-state index contributed by atoms with van der Waals surface area (Å²) in [5.41, 5.74) is 1.77. The zero-order chi connectivity index (χ0) is 14.6. The van der Waals surface area contributed by atoms with Crippen LogP contribution in [0.25, 0.3) is 0 Å². The smallest absolute Gasteiger partial charge is 0.310 e. The number of carbonyl (C=O) groups is 2. The van der Waals surface area contributed by atoms with Crippen molar-refractivity contribution in [2.45, 2.75) is 20.8 Å².